The van der Waals surface area contributed by atoms with E-state index in [2.05, 4.69) is 22.9 Å². The summed E-state index contributed by atoms with van der Waals surface area (Å²) in [5.41, 5.74) is 0. The van der Waals surface area contributed by atoms with Crippen LogP contribution in [-0.2, 0) is 19.4 Å². The van der Waals surface area contributed by atoms with Crippen molar-refractivity contribution < 1.29 is 19.4 Å². The Morgan fingerprint density at radius 3 is 1.29 bits per heavy atom. The number of unbranched alkanes of at least 4 members (excludes halogenated alkanes) is 10. The molecule has 4 nitrogen and oxygen atoms in total. The summed E-state index contributed by atoms with van der Waals surface area (Å²) < 4.78 is 0. The average molecular weight is 338 g/mol. The molecule has 0 amide bonds. The van der Waals surface area contributed by atoms with Crippen LogP contribution in [0.2, 0.25) is 0 Å². The predicted octanol–water partition coefficient (Wildman–Crippen LogP) is 5.82. The smallest absolute Gasteiger partial charge is 0.247 e. The molecule has 0 rings (SSSR count). The van der Waals surface area contributed by atoms with Gasteiger partial charge in [0.1, 0.15) is 0 Å². The molecule has 0 heterocycles. The Bertz CT molecular complexity index is 316. The lowest BCUT2D eigenvalue weighted by Gasteiger charge is -2.04. The number of rotatable bonds is 16. The van der Waals surface area contributed by atoms with Crippen LogP contribution in [0.1, 0.15) is 89.9 Å². The van der Waals surface area contributed by atoms with Crippen molar-refractivity contribution in [2.45, 2.75) is 89.9 Å². The average Bonchev–Trinajstić information content (AvgIpc) is 2.58. The molecule has 0 aliphatic carbocycles. The Morgan fingerprint density at radius 2 is 0.917 bits per heavy atom. The van der Waals surface area contributed by atoms with E-state index in [9.17, 15) is 9.59 Å². The SMILES string of the molecule is C=CCCCCCCCC(=O)OOC(=O)CCCCCCCC=C. The fraction of sp³-hybridized carbons (Fsp3) is 0.700. The molecule has 0 saturated heterocycles. The second kappa shape index (κ2) is 17.8. The summed E-state index contributed by atoms with van der Waals surface area (Å²) in [6, 6.07) is 0. The van der Waals surface area contributed by atoms with Gasteiger partial charge in [-0.2, -0.15) is 0 Å². The molecule has 0 N–H and O–H groups in total. The molecule has 0 radical (unpaired) electrons. The second-order valence-electron chi connectivity index (χ2n) is 6.10. The van der Waals surface area contributed by atoms with Gasteiger partial charge in [-0.1, -0.05) is 50.7 Å². The van der Waals surface area contributed by atoms with Crippen LogP contribution in [0.3, 0.4) is 0 Å². The van der Waals surface area contributed by atoms with Gasteiger partial charge in [0.05, 0.1) is 12.8 Å². The molecular weight excluding hydrogens is 304 g/mol. The summed E-state index contributed by atoms with van der Waals surface area (Å²) >= 11 is 0. The van der Waals surface area contributed by atoms with Crippen LogP contribution in [0.15, 0.2) is 25.3 Å². The maximum Gasteiger partial charge on any atom is 0.355 e. The summed E-state index contributed by atoms with van der Waals surface area (Å²) in [5, 5.41) is 0. The van der Waals surface area contributed by atoms with Crippen LogP contribution >= 0.6 is 0 Å². The highest BCUT2D eigenvalue weighted by Gasteiger charge is 2.09. The zero-order valence-electron chi connectivity index (χ0n) is 15.1. The lowest BCUT2D eigenvalue weighted by atomic mass is 10.1. The molecule has 0 aromatic carbocycles. The Balaban J connectivity index is 3.37. The summed E-state index contributed by atoms with van der Waals surface area (Å²) in [5.74, 6) is -0.919. The van der Waals surface area contributed by atoms with Gasteiger partial charge in [0.15, 0.2) is 0 Å². The Morgan fingerprint density at radius 1 is 0.583 bits per heavy atom. The monoisotopic (exact) mass is 338 g/mol. The molecule has 0 spiro atoms. The highest BCUT2D eigenvalue weighted by atomic mass is 17.2. The lowest BCUT2D eigenvalue weighted by molar-refractivity contribution is -0.259. The van der Waals surface area contributed by atoms with Gasteiger partial charge in [-0.25, -0.2) is 19.4 Å². The van der Waals surface area contributed by atoms with Crippen molar-refractivity contribution in [3.63, 3.8) is 0 Å². The minimum Gasteiger partial charge on any atom is -0.247 e. The summed E-state index contributed by atoms with van der Waals surface area (Å²) in [4.78, 5) is 32.0. The van der Waals surface area contributed by atoms with E-state index in [1.165, 1.54) is 0 Å². The fourth-order valence-electron chi connectivity index (χ4n) is 2.35. The number of carbonyl (C=O) groups is 2. The third kappa shape index (κ3) is 16.8. The lowest BCUT2D eigenvalue weighted by Crippen LogP contribution is -2.11. The maximum atomic E-state index is 11.4. The van der Waals surface area contributed by atoms with Crippen molar-refractivity contribution >= 4 is 11.9 Å². The minimum absolute atomic E-state index is 0.304. The van der Waals surface area contributed by atoms with Gasteiger partial charge in [-0.3, -0.25) is 0 Å². The molecule has 4 heteroatoms. The van der Waals surface area contributed by atoms with Crippen molar-refractivity contribution in [2.75, 3.05) is 0 Å². The van der Waals surface area contributed by atoms with Crippen LogP contribution in [0.4, 0.5) is 0 Å². The standard InChI is InChI=1S/C20H34O4/c1-3-5-7-9-11-13-15-17-19(21)23-24-20(22)18-16-14-12-10-8-6-4-2/h3-4H,1-2,5-18H2. The van der Waals surface area contributed by atoms with Crippen LogP contribution in [-0.4, -0.2) is 11.9 Å². The van der Waals surface area contributed by atoms with Crippen LogP contribution in [0.5, 0.6) is 0 Å². The van der Waals surface area contributed by atoms with Crippen molar-refractivity contribution in [1.82, 2.24) is 0 Å². The molecular formula is C20H34O4. The first-order valence-corrected chi connectivity index (χ1v) is 9.32. The predicted molar refractivity (Wildman–Crippen MR) is 97.2 cm³/mol. The number of allylic oxidation sites excluding steroid dienone is 2. The van der Waals surface area contributed by atoms with Gasteiger partial charge in [0.2, 0.25) is 0 Å². The normalized spacial score (nSPS) is 10.2. The Kier molecular flexibility index (Phi) is 16.6. The van der Waals surface area contributed by atoms with Crippen molar-refractivity contribution in [1.29, 1.82) is 0 Å². The summed E-state index contributed by atoms with van der Waals surface area (Å²) in [6.07, 6.45) is 16.9. The molecule has 138 valence electrons. The van der Waals surface area contributed by atoms with Crippen molar-refractivity contribution in [2.24, 2.45) is 0 Å². The van der Waals surface area contributed by atoms with E-state index < -0.39 is 11.9 Å². The molecule has 0 atom stereocenters. The molecule has 0 aliphatic heterocycles. The first-order chi connectivity index (χ1) is 11.7. The topological polar surface area (TPSA) is 52.6 Å². The van der Waals surface area contributed by atoms with E-state index in [1.807, 2.05) is 12.2 Å². The second-order valence-corrected chi connectivity index (χ2v) is 6.10. The van der Waals surface area contributed by atoms with Gasteiger partial charge < -0.3 is 0 Å². The number of hydrogen-bond donors (Lipinski definition) is 0. The number of hydrogen-bond acceptors (Lipinski definition) is 4. The molecule has 0 aromatic rings. The first kappa shape index (κ1) is 22.4. The molecule has 0 aromatic heterocycles. The molecule has 24 heavy (non-hydrogen) atoms. The molecule has 0 fully saturated rings. The van der Waals surface area contributed by atoms with Gasteiger partial charge in [-0.15, -0.1) is 13.2 Å². The third-order valence-corrected chi connectivity index (χ3v) is 3.81. The van der Waals surface area contributed by atoms with E-state index in [0.29, 0.717) is 12.8 Å². The van der Waals surface area contributed by atoms with E-state index in [-0.39, 0.29) is 0 Å². The molecule has 0 saturated carbocycles. The first-order valence-electron chi connectivity index (χ1n) is 9.32. The zero-order valence-corrected chi connectivity index (χ0v) is 15.1. The van der Waals surface area contributed by atoms with E-state index >= 15 is 0 Å². The Labute approximate surface area is 147 Å². The van der Waals surface area contributed by atoms with Gasteiger partial charge in [0.25, 0.3) is 0 Å². The van der Waals surface area contributed by atoms with E-state index in [4.69, 9.17) is 0 Å². The maximum absolute atomic E-state index is 11.4. The minimum atomic E-state index is -0.459. The fourth-order valence-corrected chi connectivity index (χ4v) is 2.35. The number of carbonyl (C=O) groups excluding carboxylic acids is 2. The Hall–Kier alpha value is -1.58. The van der Waals surface area contributed by atoms with Crippen LogP contribution in [0.25, 0.3) is 0 Å². The van der Waals surface area contributed by atoms with Crippen LogP contribution in [0, 0.1) is 0 Å². The van der Waals surface area contributed by atoms with Gasteiger partial charge in [0, 0.05) is 0 Å². The van der Waals surface area contributed by atoms with Crippen molar-refractivity contribution in [3.05, 3.63) is 25.3 Å². The molecule has 0 unspecified atom stereocenters. The largest absolute Gasteiger partial charge is 0.355 e. The van der Waals surface area contributed by atoms with Gasteiger partial charge >= 0.3 is 11.9 Å². The zero-order chi connectivity index (χ0) is 17.9. The van der Waals surface area contributed by atoms with E-state index in [0.717, 1.165) is 77.0 Å². The van der Waals surface area contributed by atoms with E-state index in [1.54, 1.807) is 0 Å². The summed E-state index contributed by atoms with van der Waals surface area (Å²) in [7, 11) is 0. The highest BCUT2D eigenvalue weighted by molar-refractivity contribution is 5.72. The van der Waals surface area contributed by atoms with Crippen LogP contribution < -0.4 is 0 Å². The molecule has 0 bridgehead atoms. The molecule has 0 aliphatic rings. The third-order valence-electron chi connectivity index (χ3n) is 3.81. The quantitative estimate of drug-likeness (QED) is 0.154. The van der Waals surface area contributed by atoms with Gasteiger partial charge in [-0.05, 0) is 38.5 Å². The van der Waals surface area contributed by atoms with Crippen molar-refractivity contribution in [3.8, 4) is 0 Å². The summed E-state index contributed by atoms with van der Waals surface area (Å²) in [6.45, 7) is 7.37. The highest BCUT2D eigenvalue weighted by Crippen LogP contribution is 2.09.